The number of rotatable bonds is 3. The van der Waals surface area contributed by atoms with E-state index in [1.807, 2.05) is 36.4 Å². The predicted octanol–water partition coefficient (Wildman–Crippen LogP) is 5.75. The van der Waals surface area contributed by atoms with Gasteiger partial charge in [0.2, 0.25) is 5.91 Å². The largest absolute Gasteiger partial charge is 0.366 e. The van der Waals surface area contributed by atoms with Crippen LogP contribution in [-0.4, -0.2) is 10.5 Å². The summed E-state index contributed by atoms with van der Waals surface area (Å²) in [6, 6.07) is 26.1. The highest BCUT2D eigenvalue weighted by molar-refractivity contribution is 6.32. The summed E-state index contributed by atoms with van der Waals surface area (Å²) in [6.45, 7) is 0.671. The normalized spacial score (nSPS) is 11.5. The molecule has 5 rings (SSSR count). The summed E-state index contributed by atoms with van der Waals surface area (Å²) in [5.41, 5.74) is 9.37. The molecule has 0 unspecified atom stereocenters. The lowest BCUT2D eigenvalue weighted by molar-refractivity contribution is 0.100. The van der Waals surface area contributed by atoms with Crippen LogP contribution in [0.2, 0.25) is 5.02 Å². The molecule has 0 aliphatic rings. The topological polar surface area (TPSA) is 48.0 Å². The minimum absolute atomic E-state index is 0.426. The Morgan fingerprint density at radius 2 is 1.64 bits per heavy atom. The molecule has 1 heterocycles. The highest BCUT2D eigenvalue weighted by atomic mass is 35.5. The van der Waals surface area contributed by atoms with Gasteiger partial charge in [0.15, 0.2) is 0 Å². The average Bonchev–Trinajstić information content (AvgIpc) is 3.01. The Hall–Kier alpha value is -3.30. The van der Waals surface area contributed by atoms with Gasteiger partial charge in [-0.15, -0.1) is 0 Å². The Balaban J connectivity index is 1.84. The van der Waals surface area contributed by atoms with Crippen molar-refractivity contribution in [3.63, 3.8) is 0 Å². The maximum absolute atomic E-state index is 12.1. The molecule has 0 bridgehead atoms. The number of carbonyl (C=O) groups is 1. The lowest BCUT2D eigenvalue weighted by Crippen LogP contribution is -2.11. The number of hydrogen-bond acceptors (Lipinski definition) is 1. The molecule has 0 saturated carbocycles. The molecule has 0 saturated heterocycles. The molecule has 1 amide bonds. The second-order valence-corrected chi connectivity index (χ2v) is 7.39. The minimum atomic E-state index is -0.426. The number of nitrogens with zero attached hydrogens (tertiary/aromatic N) is 1. The van der Waals surface area contributed by atoms with E-state index < -0.39 is 5.91 Å². The van der Waals surface area contributed by atoms with Gasteiger partial charge in [0.05, 0.1) is 11.0 Å². The summed E-state index contributed by atoms with van der Waals surface area (Å²) < 4.78 is 2.21. The molecule has 0 atom stereocenters. The molecule has 2 N–H and O–H groups in total. The number of carbonyl (C=O) groups excluding carboxylic acids is 1. The fourth-order valence-electron chi connectivity index (χ4n) is 4.09. The van der Waals surface area contributed by atoms with Crippen molar-refractivity contribution in [3.8, 4) is 0 Å². The van der Waals surface area contributed by atoms with E-state index in [2.05, 4.69) is 41.0 Å². The van der Waals surface area contributed by atoms with Crippen molar-refractivity contribution >= 4 is 50.1 Å². The zero-order valence-electron chi connectivity index (χ0n) is 15.0. The van der Waals surface area contributed by atoms with Crippen molar-refractivity contribution in [3.05, 3.63) is 95.0 Å². The van der Waals surface area contributed by atoms with Gasteiger partial charge in [-0.3, -0.25) is 4.79 Å². The summed E-state index contributed by atoms with van der Waals surface area (Å²) in [7, 11) is 0. The van der Waals surface area contributed by atoms with E-state index in [4.69, 9.17) is 17.3 Å². The number of halogens is 1. The summed E-state index contributed by atoms with van der Waals surface area (Å²) in [4.78, 5) is 12.1. The Labute approximate surface area is 166 Å². The van der Waals surface area contributed by atoms with Crippen LogP contribution in [0.4, 0.5) is 0 Å². The molecule has 3 nitrogen and oxygen atoms in total. The second-order valence-electron chi connectivity index (χ2n) is 6.95. The number of hydrogen-bond donors (Lipinski definition) is 1. The summed E-state index contributed by atoms with van der Waals surface area (Å²) in [6.07, 6.45) is 0. The molecule has 4 aromatic carbocycles. The van der Waals surface area contributed by atoms with Crippen molar-refractivity contribution in [2.75, 3.05) is 0 Å². The molecular weight excluding hydrogens is 368 g/mol. The Kier molecular flexibility index (Phi) is 3.85. The Bertz CT molecular complexity index is 1380. The van der Waals surface area contributed by atoms with Gasteiger partial charge >= 0.3 is 0 Å². The molecule has 4 heteroatoms. The quantitative estimate of drug-likeness (QED) is 0.423. The van der Waals surface area contributed by atoms with Crippen LogP contribution in [0.1, 0.15) is 15.9 Å². The van der Waals surface area contributed by atoms with Crippen LogP contribution in [0.5, 0.6) is 0 Å². The maximum atomic E-state index is 12.1. The summed E-state index contributed by atoms with van der Waals surface area (Å²) >= 11 is 6.31. The van der Waals surface area contributed by atoms with Gasteiger partial charge in [0.1, 0.15) is 0 Å². The van der Waals surface area contributed by atoms with E-state index >= 15 is 0 Å². The first kappa shape index (κ1) is 16.8. The highest BCUT2D eigenvalue weighted by Crippen LogP contribution is 2.34. The standard InChI is InChI=1S/C24H17ClN2O/c25-17-11-12-19-22(13-17)27(21-10-4-9-20(23(19)21)24(26)28)14-16-7-3-6-15-5-1-2-8-18(15)16/h1-13H,14H2,(H2,26,28). The smallest absolute Gasteiger partial charge is 0.249 e. The Morgan fingerprint density at radius 3 is 2.50 bits per heavy atom. The fraction of sp³-hybridized carbons (Fsp3) is 0.0417. The van der Waals surface area contributed by atoms with Crippen LogP contribution in [0.25, 0.3) is 32.6 Å². The van der Waals surface area contributed by atoms with Gasteiger partial charge in [-0.25, -0.2) is 0 Å². The number of amides is 1. The number of fused-ring (bicyclic) bond motifs is 4. The number of primary amides is 1. The number of benzene rings is 4. The zero-order chi connectivity index (χ0) is 19.3. The van der Waals surface area contributed by atoms with Crippen molar-refractivity contribution in [1.82, 2.24) is 4.57 Å². The minimum Gasteiger partial charge on any atom is -0.366 e. The van der Waals surface area contributed by atoms with Crippen molar-refractivity contribution in [1.29, 1.82) is 0 Å². The van der Waals surface area contributed by atoms with Crippen molar-refractivity contribution < 1.29 is 4.79 Å². The summed E-state index contributed by atoms with van der Waals surface area (Å²) in [5.74, 6) is -0.426. The van der Waals surface area contributed by atoms with Gasteiger partial charge in [0.25, 0.3) is 0 Å². The van der Waals surface area contributed by atoms with Crippen LogP contribution in [0, 0.1) is 0 Å². The van der Waals surface area contributed by atoms with Crippen LogP contribution in [-0.2, 0) is 6.54 Å². The third kappa shape index (κ3) is 2.55. The van der Waals surface area contributed by atoms with E-state index in [0.29, 0.717) is 17.1 Å². The number of nitrogens with two attached hydrogens (primary N) is 1. The lowest BCUT2D eigenvalue weighted by atomic mass is 10.0. The highest BCUT2D eigenvalue weighted by Gasteiger charge is 2.17. The van der Waals surface area contributed by atoms with E-state index in [1.54, 1.807) is 6.07 Å². The van der Waals surface area contributed by atoms with E-state index in [-0.39, 0.29) is 0 Å². The van der Waals surface area contributed by atoms with Crippen LogP contribution >= 0.6 is 11.6 Å². The van der Waals surface area contributed by atoms with E-state index in [9.17, 15) is 4.79 Å². The molecule has 0 fully saturated rings. The third-order valence-corrected chi connectivity index (χ3v) is 5.56. The van der Waals surface area contributed by atoms with Crippen LogP contribution in [0.3, 0.4) is 0 Å². The molecule has 0 aliphatic heterocycles. The maximum Gasteiger partial charge on any atom is 0.249 e. The molecular formula is C24H17ClN2O. The molecule has 0 aliphatic carbocycles. The zero-order valence-corrected chi connectivity index (χ0v) is 15.8. The molecule has 136 valence electrons. The lowest BCUT2D eigenvalue weighted by Gasteiger charge is -2.11. The SMILES string of the molecule is NC(=O)c1cccc2c1c1ccc(Cl)cc1n2Cc1cccc2ccccc12. The molecule has 28 heavy (non-hydrogen) atoms. The molecule has 0 radical (unpaired) electrons. The predicted molar refractivity (Wildman–Crippen MR) is 116 cm³/mol. The van der Waals surface area contributed by atoms with E-state index in [1.165, 1.54) is 16.3 Å². The fourth-order valence-corrected chi connectivity index (χ4v) is 4.26. The van der Waals surface area contributed by atoms with E-state index in [0.717, 1.165) is 21.8 Å². The summed E-state index contributed by atoms with van der Waals surface area (Å²) in [5, 5.41) is 4.94. The van der Waals surface area contributed by atoms with Gasteiger partial charge < -0.3 is 10.3 Å². The van der Waals surface area contributed by atoms with Gasteiger partial charge in [-0.2, -0.15) is 0 Å². The Morgan fingerprint density at radius 1 is 0.857 bits per heavy atom. The van der Waals surface area contributed by atoms with Gasteiger partial charge in [-0.05, 0) is 40.6 Å². The monoisotopic (exact) mass is 384 g/mol. The first-order chi connectivity index (χ1) is 13.6. The second kappa shape index (κ2) is 6.39. The van der Waals surface area contributed by atoms with Gasteiger partial charge in [-0.1, -0.05) is 66.2 Å². The molecule has 0 spiro atoms. The van der Waals surface area contributed by atoms with Crippen LogP contribution < -0.4 is 5.73 Å². The first-order valence-electron chi connectivity index (χ1n) is 9.10. The average molecular weight is 385 g/mol. The molecule has 1 aromatic heterocycles. The number of aromatic nitrogens is 1. The van der Waals surface area contributed by atoms with Crippen LogP contribution in [0.15, 0.2) is 78.9 Å². The third-order valence-electron chi connectivity index (χ3n) is 5.33. The van der Waals surface area contributed by atoms with Crippen molar-refractivity contribution in [2.45, 2.75) is 6.54 Å². The van der Waals surface area contributed by atoms with Crippen molar-refractivity contribution in [2.24, 2.45) is 5.73 Å². The molecule has 5 aromatic rings. The first-order valence-corrected chi connectivity index (χ1v) is 9.48. The van der Waals surface area contributed by atoms with Gasteiger partial charge in [0, 0.05) is 27.9 Å².